The van der Waals surface area contributed by atoms with Gasteiger partial charge in [0.1, 0.15) is 0 Å². The van der Waals surface area contributed by atoms with Gasteiger partial charge in [0, 0.05) is 0 Å². The zero-order valence-corrected chi connectivity index (χ0v) is 5.83. The molecule has 7 nitrogen and oxygen atoms in total. The molecule has 0 amide bonds. The molecule has 0 radical (unpaired) electrons. The maximum absolute atomic E-state index is 10.7. The summed E-state index contributed by atoms with van der Waals surface area (Å²) in [6.45, 7) is 0. The fraction of sp³-hybridized carbons (Fsp3) is 1.00. The van der Waals surface area contributed by atoms with Crippen molar-refractivity contribution in [2.24, 2.45) is 0 Å². The largest absolute Gasteiger partial charge is 0.522 e. The Labute approximate surface area is 63.3 Å². The first-order chi connectivity index (χ1) is 4.98. The highest BCUT2D eigenvalue weighted by molar-refractivity contribution is 7.86. The van der Waals surface area contributed by atoms with Crippen molar-refractivity contribution < 1.29 is 36.4 Å². The molecule has 0 saturated heterocycles. The molecule has 0 fully saturated rings. The van der Waals surface area contributed by atoms with Gasteiger partial charge in [0.25, 0.3) is 5.09 Å². The first kappa shape index (κ1) is 13.5. The molecule has 0 saturated carbocycles. The molecule has 0 bridgehead atoms. The fourth-order valence-corrected chi connectivity index (χ4v) is 0. The highest BCUT2D eigenvalue weighted by Crippen LogP contribution is 2.20. The molecule has 0 aliphatic heterocycles. The lowest BCUT2D eigenvalue weighted by Gasteiger charge is -1.97. The smallest absolute Gasteiger partial charge is 0.328 e. The molecule has 74 valence electrons. The molecular weight excluding hydrogens is 211 g/mol. The average molecular weight is 213 g/mol. The van der Waals surface area contributed by atoms with Gasteiger partial charge in [-0.1, -0.05) is 0 Å². The maximum Gasteiger partial charge on any atom is 0.522 e. The summed E-state index contributed by atoms with van der Waals surface area (Å²) < 4.78 is 57.5. The van der Waals surface area contributed by atoms with E-state index in [0.717, 1.165) is 0 Å². The van der Waals surface area contributed by atoms with Gasteiger partial charge in [-0.15, -0.1) is 10.1 Å². The molecule has 11 heteroatoms. The number of alkyl halides is 3. The van der Waals surface area contributed by atoms with Crippen LogP contribution in [0.1, 0.15) is 0 Å². The Morgan fingerprint density at radius 1 is 1.33 bits per heavy atom. The zero-order chi connectivity index (χ0) is 10.6. The van der Waals surface area contributed by atoms with Crippen LogP contribution in [0, 0.1) is 10.1 Å². The minimum absolute atomic E-state index is 1.50. The predicted octanol–water partition coefficient (Wildman–Crippen LogP) is 0.0463. The highest BCUT2D eigenvalue weighted by Gasteiger charge is 2.44. The highest BCUT2D eigenvalue weighted by atomic mass is 32.2. The van der Waals surface area contributed by atoms with Gasteiger partial charge in [-0.3, -0.25) is 4.55 Å². The van der Waals surface area contributed by atoms with Crippen molar-refractivity contribution in [3.63, 3.8) is 0 Å². The molecule has 0 aromatic heterocycles. The van der Waals surface area contributed by atoms with Crippen molar-refractivity contribution in [2.75, 3.05) is 0 Å². The zero-order valence-electron chi connectivity index (χ0n) is 5.02. The van der Waals surface area contributed by atoms with Crippen LogP contribution in [0.4, 0.5) is 13.2 Å². The number of nitrogens with zero attached hydrogens (tertiary/aromatic N) is 1. The summed E-state index contributed by atoms with van der Waals surface area (Å²) in [5.41, 5.74) is -5.53. The second-order valence-electron chi connectivity index (χ2n) is 1.16. The van der Waals surface area contributed by atoms with Crippen LogP contribution in [0.2, 0.25) is 0 Å². The second kappa shape index (κ2) is 4.06. The number of rotatable bonds is 0. The molecule has 0 aliphatic rings. The van der Waals surface area contributed by atoms with E-state index < -0.39 is 20.7 Å². The molecule has 12 heavy (non-hydrogen) atoms. The molecule has 0 aromatic carbocycles. The molecule has 0 aliphatic carbocycles. The van der Waals surface area contributed by atoms with Gasteiger partial charge < -0.3 is 5.21 Å². The van der Waals surface area contributed by atoms with Crippen LogP contribution in [-0.2, 0) is 10.1 Å². The van der Waals surface area contributed by atoms with Crippen LogP contribution in [-0.4, -0.2) is 28.8 Å². The van der Waals surface area contributed by atoms with E-state index in [2.05, 4.69) is 0 Å². The van der Waals surface area contributed by atoms with E-state index in [9.17, 15) is 13.2 Å². The summed E-state index contributed by atoms with van der Waals surface area (Å²) in [7, 11) is -5.84. The van der Waals surface area contributed by atoms with Gasteiger partial charge in [0.2, 0.25) is 0 Å². The van der Waals surface area contributed by atoms with E-state index in [1.54, 1.807) is 0 Å². The molecule has 0 aromatic rings. The van der Waals surface area contributed by atoms with E-state index >= 15 is 0 Å². The van der Waals surface area contributed by atoms with E-state index in [0.29, 0.717) is 0 Å². The molecule has 0 atom stereocenters. The average Bonchev–Trinajstić information content (AvgIpc) is 1.55. The van der Waals surface area contributed by atoms with Crippen molar-refractivity contribution in [1.82, 2.24) is 0 Å². The quantitative estimate of drug-likeness (QED) is 0.254. The summed E-state index contributed by atoms with van der Waals surface area (Å²) in [5, 5.41) is 13.6. The van der Waals surface area contributed by atoms with Crippen molar-refractivity contribution in [3.8, 4) is 0 Å². The van der Waals surface area contributed by atoms with Gasteiger partial charge in [-0.25, -0.2) is 0 Å². The lowest BCUT2D eigenvalue weighted by Crippen LogP contribution is -2.21. The second-order valence-corrected chi connectivity index (χ2v) is 2.57. The lowest BCUT2D eigenvalue weighted by atomic mass is 11.6. The summed E-state index contributed by atoms with van der Waals surface area (Å²) in [6.07, 6.45) is 0. The summed E-state index contributed by atoms with van der Waals surface area (Å²) >= 11 is 0. The Bertz CT molecular complexity index is 236. The van der Waals surface area contributed by atoms with Crippen molar-refractivity contribution in [2.45, 2.75) is 5.51 Å². The number of halogens is 3. The van der Waals surface area contributed by atoms with E-state index in [-0.39, 0.29) is 0 Å². The fourth-order valence-electron chi connectivity index (χ4n) is 0. The maximum atomic E-state index is 10.7. The lowest BCUT2D eigenvalue weighted by molar-refractivity contribution is -0.742. The summed E-state index contributed by atoms with van der Waals surface area (Å²) in [5.74, 6) is 0. The van der Waals surface area contributed by atoms with Crippen LogP contribution < -0.4 is 0 Å². The third kappa shape index (κ3) is 8.90. The molecule has 0 rings (SSSR count). The third-order valence-corrected chi connectivity index (χ3v) is 0.877. The van der Waals surface area contributed by atoms with Crippen molar-refractivity contribution in [3.05, 3.63) is 10.1 Å². The van der Waals surface area contributed by atoms with E-state index in [1.165, 1.54) is 0 Å². The molecule has 0 heterocycles. The predicted molar refractivity (Wildman–Crippen MR) is 26.4 cm³/mol. The van der Waals surface area contributed by atoms with Crippen molar-refractivity contribution >= 4 is 10.1 Å². The van der Waals surface area contributed by atoms with Crippen LogP contribution in [0.3, 0.4) is 0 Å². The Morgan fingerprint density at radius 3 is 1.42 bits per heavy atom. The minimum Gasteiger partial charge on any atom is -0.328 e. The monoisotopic (exact) mass is 213 g/mol. The SMILES string of the molecule is O=S(=O)(O)C(F)(F)F.O=[N+]([O-])O. The first-order valence-electron chi connectivity index (χ1n) is 1.85. The van der Waals surface area contributed by atoms with Gasteiger partial charge in [-0.2, -0.15) is 21.6 Å². The molecular formula is CH2F3NO6S. The third-order valence-electron chi connectivity index (χ3n) is 0.292. The number of hydrogen-bond acceptors (Lipinski definition) is 4. The van der Waals surface area contributed by atoms with Crippen LogP contribution in [0.15, 0.2) is 0 Å². The van der Waals surface area contributed by atoms with Gasteiger partial charge in [0.05, 0.1) is 0 Å². The van der Waals surface area contributed by atoms with Crippen LogP contribution in [0.25, 0.3) is 0 Å². The standard InChI is InChI=1S/CHF3O3S.HNO3/c2-1(3,4)8(5,6)7;2-1(3)4/h(H,5,6,7);(H,2,3,4). The minimum atomic E-state index is -5.84. The number of hydrogen-bond donors (Lipinski definition) is 2. The van der Waals surface area contributed by atoms with E-state index in [1.807, 2.05) is 0 Å². The molecule has 0 spiro atoms. The summed E-state index contributed by atoms with van der Waals surface area (Å²) in [4.78, 5) is 8.36. The Morgan fingerprint density at radius 2 is 1.42 bits per heavy atom. The van der Waals surface area contributed by atoms with Crippen LogP contribution >= 0.6 is 0 Å². The normalized spacial score (nSPS) is 11.3. The molecule has 0 unspecified atom stereocenters. The Balaban J connectivity index is 0. The molecule has 2 N–H and O–H groups in total. The summed E-state index contributed by atoms with van der Waals surface area (Å²) in [6, 6.07) is 0. The van der Waals surface area contributed by atoms with E-state index in [4.69, 9.17) is 28.3 Å². The van der Waals surface area contributed by atoms with Gasteiger partial charge >= 0.3 is 15.6 Å². The van der Waals surface area contributed by atoms with Crippen LogP contribution in [0.5, 0.6) is 0 Å². The Kier molecular flexibility index (Phi) is 4.56. The first-order valence-corrected chi connectivity index (χ1v) is 3.29. The topological polar surface area (TPSA) is 118 Å². The van der Waals surface area contributed by atoms with Gasteiger partial charge in [-0.05, 0) is 0 Å². The van der Waals surface area contributed by atoms with Gasteiger partial charge in [0.15, 0.2) is 0 Å². The Hall–Kier alpha value is -1.10. The van der Waals surface area contributed by atoms with Crippen molar-refractivity contribution in [1.29, 1.82) is 0 Å².